The zero-order valence-corrected chi connectivity index (χ0v) is 23.8. The van der Waals surface area contributed by atoms with Crippen molar-refractivity contribution in [3.63, 3.8) is 0 Å². The number of nitrogens with zero attached hydrogens (tertiary/aromatic N) is 4. The molecule has 0 radical (unpaired) electrons. The summed E-state index contributed by atoms with van der Waals surface area (Å²) < 4.78 is 8.32. The Balaban J connectivity index is 1.53. The summed E-state index contributed by atoms with van der Waals surface area (Å²) in [6.45, 7) is 3.76. The van der Waals surface area contributed by atoms with Gasteiger partial charge in [0.25, 0.3) is 5.56 Å². The van der Waals surface area contributed by atoms with Crippen molar-refractivity contribution in [3.8, 4) is 22.9 Å². The third kappa shape index (κ3) is 4.73. The lowest BCUT2D eigenvalue weighted by Gasteiger charge is -2.16. The lowest BCUT2D eigenvalue weighted by atomic mass is 10.0. The summed E-state index contributed by atoms with van der Waals surface area (Å²) in [5.74, 6) is -0.102. The summed E-state index contributed by atoms with van der Waals surface area (Å²) in [6.07, 6.45) is 0. The van der Waals surface area contributed by atoms with E-state index in [0.717, 1.165) is 5.56 Å². The zero-order valence-electron chi connectivity index (χ0n) is 21.5. The maximum absolute atomic E-state index is 13.5. The van der Waals surface area contributed by atoms with E-state index in [9.17, 15) is 20.0 Å². The number of carboxylic acid groups (broad SMARTS) is 1. The Labute approximate surface area is 242 Å². The van der Waals surface area contributed by atoms with Crippen LogP contribution in [0.15, 0.2) is 40.5 Å². The molecule has 0 aliphatic rings. The van der Waals surface area contributed by atoms with Crippen LogP contribution in [0, 0.1) is 25.2 Å². The molecule has 3 heterocycles. The molecule has 0 saturated carbocycles. The van der Waals surface area contributed by atoms with Crippen LogP contribution in [-0.4, -0.2) is 39.3 Å². The number of thiophene rings is 1. The molecule has 5 rings (SSSR count). The minimum atomic E-state index is -1.05. The van der Waals surface area contributed by atoms with Crippen LogP contribution in [0.1, 0.15) is 27.4 Å². The fourth-order valence-corrected chi connectivity index (χ4v) is 6.13. The molecule has 0 aliphatic carbocycles. The first-order chi connectivity index (χ1) is 19.1. The number of carboxylic acids is 1. The summed E-state index contributed by atoms with van der Waals surface area (Å²) in [5.41, 5.74) is 3.05. The van der Waals surface area contributed by atoms with Crippen LogP contribution < -0.4 is 15.6 Å². The van der Waals surface area contributed by atoms with E-state index in [4.69, 9.17) is 27.9 Å². The second kappa shape index (κ2) is 10.8. The van der Waals surface area contributed by atoms with Crippen LogP contribution in [-0.2, 0) is 6.54 Å². The lowest BCUT2D eigenvalue weighted by Crippen LogP contribution is -2.27. The van der Waals surface area contributed by atoms with Crippen molar-refractivity contribution < 1.29 is 14.6 Å². The van der Waals surface area contributed by atoms with E-state index in [-0.39, 0.29) is 35.2 Å². The number of carbonyl (C=O) groups is 1. The quantitative estimate of drug-likeness (QED) is 0.225. The van der Waals surface area contributed by atoms with Crippen molar-refractivity contribution in [2.75, 3.05) is 19.0 Å². The number of hydrogen-bond donors (Lipinski definition) is 2. The van der Waals surface area contributed by atoms with Crippen molar-refractivity contribution in [2.24, 2.45) is 0 Å². The molecule has 0 saturated heterocycles. The van der Waals surface area contributed by atoms with Crippen molar-refractivity contribution in [2.45, 2.75) is 20.4 Å². The summed E-state index contributed by atoms with van der Waals surface area (Å²) in [5, 5.41) is 24.8. The predicted octanol–water partition coefficient (Wildman–Crippen LogP) is 6.29. The Morgan fingerprint density at radius 3 is 2.67 bits per heavy atom. The van der Waals surface area contributed by atoms with E-state index in [2.05, 4.69) is 21.4 Å². The Bertz CT molecular complexity index is 1940. The maximum Gasteiger partial charge on any atom is 0.338 e. The van der Waals surface area contributed by atoms with Gasteiger partial charge in [0.2, 0.25) is 0 Å². The normalized spacial score (nSPS) is 11.1. The first kappa shape index (κ1) is 27.4. The van der Waals surface area contributed by atoms with Crippen molar-refractivity contribution >= 4 is 67.3 Å². The standard InChI is InChI=1S/C28H21Cl2N5O4S/c1-13-8-17(26-25(33-13)19(12-40-26)28(37)38)16-9-15(29)4-5-22(16)39-7-6-35-14(2)34-21-10-20(30)24(32-3)18(11-31)23(21)27(35)36/h4-5,8-10,12,32H,6-7H2,1-3H3,(H,37,38). The number of benzene rings is 2. The fraction of sp³-hybridized carbons (Fsp3) is 0.179. The van der Waals surface area contributed by atoms with Crippen LogP contribution in [0.5, 0.6) is 5.75 Å². The monoisotopic (exact) mass is 593 g/mol. The first-order valence-corrected chi connectivity index (χ1v) is 13.6. The van der Waals surface area contributed by atoms with Gasteiger partial charge in [0.05, 0.1) is 49.5 Å². The number of nitriles is 1. The number of anilines is 1. The van der Waals surface area contributed by atoms with E-state index in [1.165, 1.54) is 15.9 Å². The molecule has 0 unspecified atom stereocenters. The molecule has 0 amide bonds. The summed E-state index contributed by atoms with van der Waals surface area (Å²) in [6, 6.07) is 10.7. The fourth-order valence-electron chi connectivity index (χ4n) is 4.65. The molecule has 2 N–H and O–H groups in total. The van der Waals surface area contributed by atoms with Crippen molar-refractivity contribution in [1.29, 1.82) is 5.26 Å². The number of rotatable bonds is 7. The molecule has 3 aromatic heterocycles. The van der Waals surface area contributed by atoms with Gasteiger partial charge in [-0.05, 0) is 44.2 Å². The highest BCUT2D eigenvalue weighted by atomic mass is 35.5. The number of halogens is 2. The Kier molecular flexibility index (Phi) is 7.38. The molecule has 0 atom stereocenters. The van der Waals surface area contributed by atoms with Gasteiger partial charge < -0.3 is 15.2 Å². The van der Waals surface area contributed by atoms with E-state index < -0.39 is 5.97 Å². The number of ether oxygens (including phenoxy) is 1. The van der Waals surface area contributed by atoms with E-state index >= 15 is 0 Å². The van der Waals surface area contributed by atoms with Crippen molar-refractivity contribution in [1.82, 2.24) is 14.5 Å². The molecule has 2 aromatic carbocycles. The van der Waals surface area contributed by atoms with Crippen LogP contribution in [0.25, 0.3) is 32.2 Å². The summed E-state index contributed by atoms with van der Waals surface area (Å²) in [4.78, 5) is 34.2. The predicted molar refractivity (Wildman–Crippen MR) is 157 cm³/mol. The zero-order chi connectivity index (χ0) is 28.7. The molecular formula is C28H21Cl2N5O4S. The summed E-state index contributed by atoms with van der Waals surface area (Å²) in [7, 11) is 1.63. The smallest absolute Gasteiger partial charge is 0.338 e. The first-order valence-electron chi connectivity index (χ1n) is 12.0. The largest absolute Gasteiger partial charge is 0.491 e. The second-order valence-electron chi connectivity index (χ2n) is 8.91. The molecule has 0 aliphatic heterocycles. The molecule has 5 aromatic rings. The number of hydrogen-bond acceptors (Lipinski definition) is 8. The van der Waals surface area contributed by atoms with Crippen LogP contribution in [0.3, 0.4) is 0 Å². The van der Waals surface area contributed by atoms with Gasteiger partial charge in [-0.2, -0.15) is 5.26 Å². The maximum atomic E-state index is 13.5. The topological polar surface area (TPSA) is 130 Å². The third-order valence-electron chi connectivity index (χ3n) is 6.44. The third-order valence-corrected chi connectivity index (χ3v) is 7.97. The minimum absolute atomic E-state index is 0.106. The van der Waals surface area contributed by atoms with E-state index in [1.807, 2.05) is 6.07 Å². The van der Waals surface area contributed by atoms with Gasteiger partial charge in [-0.15, -0.1) is 11.3 Å². The lowest BCUT2D eigenvalue weighted by molar-refractivity contribution is 0.0699. The minimum Gasteiger partial charge on any atom is -0.491 e. The molecule has 40 heavy (non-hydrogen) atoms. The SMILES string of the molecule is CNc1c(Cl)cc2nc(C)n(CCOc3ccc(Cl)cc3-c3cc(C)nc4c(C(=O)O)csc34)c(=O)c2c1C#N. The molecule has 9 nitrogen and oxygen atoms in total. The number of aromatic nitrogens is 3. The number of nitrogens with one attached hydrogen (secondary N) is 1. The van der Waals surface area contributed by atoms with Gasteiger partial charge in [0.1, 0.15) is 24.3 Å². The van der Waals surface area contributed by atoms with Crippen LogP contribution in [0.2, 0.25) is 10.0 Å². The average molecular weight is 594 g/mol. The highest BCUT2D eigenvalue weighted by molar-refractivity contribution is 7.18. The highest BCUT2D eigenvalue weighted by Crippen LogP contribution is 2.40. The molecule has 0 bridgehead atoms. The number of fused-ring (bicyclic) bond motifs is 2. The Morgan fingerprint density at radius 2 is 1.98 bits per heavy atom. The second-order valence-corrected chi connectivity index (χ2v) is 10.6. The number of pyridine rings is 1. The molecule has 12 heteroatoms. The molecular weight excluding hydrogens is 573 g/mol. The Morgan fingerprint density at radius 1 is 1.20 bits per heavy atom. The van der Waals surface area contributed by atoms with Crippen LogP contribution in [0.4, 0.5) is 5.69 Å². The van der Waals surface area contributed by atoms with E-state index in [0.29, 0.717) is 54.3 Å². The number of aryl methyl sites for hydroxylation is 2. The van der Waals surface area contributed by atoms with Gasteiger partial charge in [0, 0.05) is 34.3 Å². The Hall–Kier alpha value is -4.17. The van der Waals surface area contributed by atoms with Gasteiger partial charge in [-0.3, -0.25) is 14.3 Å². The molecule has 0 spiro atoms. The van der Waals surface area contributed by atoms with Gasteiger partial charge in [-0.1, -0.05) is 23.2 Å². The van der Waals surface area contributed by atoms with Crippen LogP contribution >= 0.6 is 34.5 Å². The average Bonchev–Trinajstić information content (AvgIpc) is 3.34. The summed E-state index contributed by atoms with van der Waals surface area (Å²) >= 11 is 13.9. The molecule has 202 valence electrons. The van der Waals surface area contributed by atoms with E-state index in [1.54, 1.807) is 50.5 Å². The van der Waals surface area contributed by atoms with Gasteiger partial charge >= 0.3 is 5.97 Å². The highest BCUT2D eigenvalue weighted by Gasteiger charge is 2.20. The molecule has 0 fully saturated rings. The van der Waals surface area contributed by atoms with Gasteiger partial charge in [-0.25, -0.2) is 9.78 Å². The van der Waals surface area contributed by atoms with Gasteiger partial charge in [0.15, 0.2) is 0 Å². The number of aromatic carboxylic acids is 1. The van der Waals surface area contributed by atoms with Crippen molar-refractivity contribution in [3.05, 3.63) is 78.8 Å².